The Balaban J connectivity index is 0.000000188. The van der Waals surface area contributed by atoms with Gasteiger partial charge in [-0.3, -0.25) is 14.4 Å². The molecule has 140 valence electrons. The molecule has 0 aromatic rings. The molecule has 4 aliphatic carbocycles. The highest BCUT2D eigenvalue weighted by Gasteiger charge is 2.64. The minimum absolute atomic E-state index is 0.0149. The summed E-state index contributed by atoms with van der Waals surface area (Å²) in [4.78, 5) is 32.7. The van der Waals surface area contributed by atoms with Crippen LogP contribution in [0.5, 0.6) is 0 Å². The Kier molecular flexibility index (Phi) is 5.79. The number of Topliss-reactive ketones (excluding diaryl/α,β-unsaturated/α-hetero) is 2. The number of halogens is 2. The molecule has 0 aromatic carbocycles. The number of ketones is 2. The van der Waals surface area contributed by atoms with Crippen LogP contribution in [0.25, 0.3) is 0 Å². The fourth-order valence-electron chi connectivity index (χ4n) is 5.20. The molecule has 0 saturated heterocycles. The summed E-state index contributed by atoms with van der Waals surface area (Å²) in [5.74, 6) is 1.67. The molecule has 4 saturated carbocycles. The van der Waals surface area contributed by atoms with Crippen LogP contribution in [-0.4, -0.2) is 27.0 Å². The first-order valence-corrected chi connectivity index (χ1v) is 10.2. The summed E-state index contributed by atoms with van der Waals surface area (Å²) in [6, 6.07) is 0. The summed E-state index contributed by atoms with van der Waals surface area (Å²) in [6.45, 7) is 0. The van der Waals surface area contributed by atoms with Gasteiger partial charge in [-0.1, -0.05) is 42.5 Å². The number of carboxylic acids is 1. The first-order chi connectivity index (χ1) is 11.8. The number of unbranched alkanes of at least 4 members (excludes halogenated alkanes) is 1. The van der Waals surface area contributed by atoms with E-state index < -0.39 is 10.3 Å². The highest BCUT2D eigenvalue weighted by molar-refractivity contribution is 6.60. The number of fused-ring (bicyclic) bond motifs is 2. The van der Waals surface area contributed by atoms with E-state index in [1.54, 1.807) is 0 Å². The predicted molar refractivity (Wildman–Crippen MR) is 95.7 cm³/mol. The van der Waals surface area contributed by atoms with Crippen molar-refractivity contribution in [2.24, 2.45) is 29.6 Å². The Labute approximate surface area is 158 Å². The predicted octanol–water partition coefficient (Wildman–Crippen LogP) is 4.41. The van der Waals surface area contributed by atoms with Crippen molar-refractivity contribution in [2.45, 2.75) is 68.5 Å². The van der Waals surface area contributed by atoms with Crippen LogP contribution in [0.1, 0.15) is 64.2 Å². The van der Waals surface area contributed by atoms with E-state index >= 15 is 0 Å². The molecule has 0 bridgehead atoms. The molecule has 4 nitrogen and oxygen atoms in total. The Morgan fingerprint density at radius 1 is 1.08 bits per heavy atom. The van der Waals surface area contributed by atoms with Gasteiger partial charge in [0.15, 0.2) is 10.1 Å². The first-order valence-electron chi connectivity index (χ1n) is 9.49. The third-order valence-corrected chi connectivity index (χ3v) is 7.50. The highest BCUT2D eigenvalue weighted by atomic mass is 35.5. The second-order valence-corrected chi connectivity index (χ2v) is 9.45. The molecular formula is C19H26Cl2O4. The van der Waals surface area contributed by atoms with Crippen molar-refractivity contribution in [3.05, 3.63) is 0 Å². The average Bonchev–Trinajstić information content (AvgIpc) is 3.13. The fraction of sp³-hybridized carbons (Fsp3) is 0.842. The molecule has 0 aliphatic heterocycles. The Bertz CT molecular complexity index is 560. The van der Waals surface area contributed by atoms with E-state index in [1.807, 2.05) is 0 Å². The van der Waals surface area contributed by atoms with Gasteiger partial charge in [0.2, 0.25) is 0 Å². The van der Waals surface area contributed by atoms with Crippen molar-refractivity contribution < 1.29 is 19.5 Å². The van der Waals surface area contributed by atoms with Gasteiger partial charge in [-0.15, -0.1) is 0 Å². The average molecular weight is 389 g/mol. The summed E-state index contributed by atoms with van der Waals surface area (Å²) >= 11 is 12.1. The molecule has 0 amide bonds. The van der Waals surface area contributed by atoms with Crippen molar-refractivity contribution in [2.75, 3.05) is 0 Å². The van der Waals surface area contributed by atoms with Gasteiger partial charge in [-0.05, 0) is 43.9 Å². The summed E-state index contributed by atoms with van der Waals surface area (Å²) in [5.41, 5.74) is 0. The monoisotopic (exact) mass is 388 g/mol. The number of hydrogen-bond donors (Lipinski definition) is 1. The number of aliphatic carboxylic acids is 1. The van der Waals surface area contributed by atoms with Gasteiger partial charge >= 0.3 is 5.97 Å². The lowest BCUT2D eigenvalue weighted by Crippen LogP contribution is -2.55. The van der Waals surface area contributed by atoms with Crippen molar-refractivity contribution in [1.29, 1.82) is 0 Å². The zero-order valence-electron chi connectivity index (χ0n) is 14.4. The van der Waals surface area contributed by atoms with Crippen LogP contribution in [0.15, 0.2) is 0 Å². The number of carbonyl (C=O) groups is 3. The van der Waals surface area contributed by atoms with Crippen LogP contribution >= 0.6 is 23.2 Å². The van der Waals surface area contributed by atoms with E-state index in [2.05, 4.69) is 0 Å². The van der Waals surface area contributed by atoms with Gasteiger partial charge in [0, 0.05) is 30.6 Å². The van der Waals surface area contributed by atoms with Gasteiger partial charge in [0.25, 0.3) is 0 Å². The summed E-state index contributed by atoms with van der Waals surface area (Å²) in [6.07, 6.45) is 9.35. The third-order valence-electron chi connectivity index (χ3n) is 6.63. The molecular weight excluding hydrogens is 363 g/mol. The Morgan fingerprint density at radius 3 is 2.44 bits per heavy atom. The third kappa shape index (κ3) is 3.75. The molecule has 0 spiro atoms. The first kappa shape index (κ1) is 19.2. The molecule has 4 rings (SSSR count). The normalized spacial score (nSPS) is 37.3. The lowest BCUT2D eigenvalue weighted by molar-refractivity contribution is -0.137. The van der Waals surface area contributed by atoms with Gasteiger partial charge in [0.05, 0.1) is 0 Å². The molecule has 0 aromatic heterocycles. The quantitative estimate of drug-likeness (QED) is 0.559. The lowest BCUT2D eigenvalue weighted by atomic mass is 9.69. The van der Waals surface area contributed by atoms with Crippen molar-refractivity contribution >= 4 is 40.7 Å². The molecule has 1 N–H and O–H groups in total. The minimum Gasteiger partial charge on any atom is -0.481 e. The Morgan fingerprint density at radius 2 is 1.84 bits per heavy atom. The largest absolute Gasteiger partial charge is 0.481 e. The zero-order valence-corrected chi connectivity index (χ0v) is 15.9. The molecule has 4 aliphatic rings. The highest BCUT2D eigenvalue weighted by Crippen LogP contribution is 2.60. The molecule has 25 heavy (non-hydrogen) atoms. The van der Waals surface area contributed by atoms with E-state index in [9.17, 15) is 14.4 Å². The topological polar surface area (TPSA) is 71.4 Å². The van der Waals surface area contributed by atoms with Crippen LogP contribution in [-0.2, 0) is 14.4 Å². The summed E-state index contributed by atoms with van der Waals surface area (Å²) in [7, 11) is 0. The second-order valence-electron chi connectivity index (χ2n) is 8.06. The van der Waals surface area contributed by atoms with Gasteiger partial charge in [-0.2, -0.15) is 0 Å². The molecule has 5 unspecified atom stereocenters. The zero-order chi connectivity index (χ0) is 18.2. The number of hydrogen-bond acceptors (Lipinski definition) is 3. The van der Waals surface area contributed by atoms with E-state index in [4.69, 9.17) is 28.3 Å². The van der Waals surface area contributed by atoms with Crippen molar-refractivity contribution in [1.82, 2.24) is 0 Å². The van der Waals surface area contributed by atoms with Gasteiger partial charge in [0.1, 0.15) is 5.78 Å². The minimum atomic E-state index is -1.17. The maximum atomic E-state index is 11.6. The van der Waals surface area contributed by atoms with Crippen LogP contribution in [0.2, 0.25) is 0 Å². The summed E-state index contributed by atoms with van der Waals surface area (Å²) < 4.78 is -1.17. The number of rotatable bonds is 5. The van der Waals surface area contributed by atoms with E-state index in [0.29, 0.717) is 24.0 Å². The van der Waals surface area contributed by atoms with Crippen molar-refractivity contribution in [3.8, 4) is 0 Å². The van der Waals surface area contributed by atoms with E-state index in [-0.39, 0.29) is 24.0 Å². The van der Waals surface area contributed by atoms with Gasteiger partial charge in [-0.25, -0.2) is 0 Å². The van der Waals surface area contributed by atoms with Crippen LogP contribution in [0.4, 0.5) is 0 Å². The van der Waals surface area contributed by atoms with Crippen LogP contribution in [0, 0.1) is 29.6 Å². The molecule has 6 heteroatoms. The van der Waals surface area contributed by atoms with Gasteiger partial charge < -0.3 is 5.11 Å². The summed E-state index contributed by atoms with van der Waals surface area (Å²) in [5, 5.41) is 8.54. The number of carboxylic acid groups (broad SMARTS) is 1. The molecule has 0 radical (unpaired) electrons. The van der Waals surface area contributed by atoms with E-state index in [1.165, 1.54) is 19.3 Å². The second kappa shape index (κ2) is 7.56. The smallest absolute Gasteiger partial charge is 0.303 e. The van der Waals surface area contributed by atoms with E-state index in [0.717, 1.165) is 38.0 Å². The number of alkyl halides is 2. The Hall–Kier alpha value is -0.610. The maximum absolute atomic E-state index is 11.6. The van der Waals surface area contributed by atoms with Crippen LogP contribution in [0.3, 0.4) is 0 Å². The SMILES string of the molecule is O=C(O)CCCCC1CCC2C(=O)C(Cl)(Cl)C12.O=C1CC2CCCC12. The lowest BCUT2D eigenvalue weighted by Gasteiger charge is -2.44. The van der Waals surface area contributed by atoms with Crippen molar-refractivity contribution in [3.63, 3.8) is 0 Å². The fourth-order valence-corrected chi connectivity index (χ4v) is 6.14. The molecule has 0 heterocycles. The molecule has 5 atom stereocenters. The standard InChI is InChI=1S/C12H16Cl2O3.C7H10O/c13-12(14)10-7(3-1-2-4-9(15)16)5-6-8(10)11(12)17;8-7-4-5-2-1-3-6(5)7/h7-8,10H,1-6H2,(H,15,16);5-6H,1-4H2. The maximum Gasteiger partial charge on any atom is 0.303 e. The van der Waals surface area contributed by atoms with Crippen LogP contribution < -0.4 is 0 Å². The molecule has 4 fully saturated rings. The number of carbonyl (C=O) groups excluding carboxylic acids is 2.